The summed E-state index contributed by atoms with van der Waals surface area (Å²) >= 11 is 0. The van der Waals surface area contributed by atoms with Gasteiger partial charge in [-0.1, -0.05) is 50.9 Å². The predicted octanol–water partition coefficient (Wildman–Crippen LogP) is 4.55. The minimum absolute atomic E-state index is 0.305. The zero-order valence-corrected chi connectivity index (χ0v) is 14.5. The molecule has 23 heavy (non-hydrogen) atoms. The van der Waals surface area contributed by atoms with Gasteiger partial charge >= 0.3 is 5.97 Å². The fourth-order valence-corrected chi connectivity index (χ4v) is 2.95. The largest absolute Gasteiger partial charge is 0.481 e. The number of hydrogen-bond acceptors (Lipinski definition) is 2. The average Bonchev–Trinajstić information content (AvgIpc) is 3.26. The molecule has 3 nitrogen and oxygen atoms in total. The number of carboxylic acid groups (broad SMARTS) is 1. The summed E-state index contributed by atoms with van der Waals surface area (Å²) in [6, 6.07) is 0. The van der Waals surface area contributed by atoms with E-state index in [9.17, 15) is 9.90 Å². The second kappa shape index (κ2) is 12.2. The molecule has 1 saturated carbocycles. The highest BCUT2D eigenvalue weighted by Crippen LogP contribution is 2.45. The highest BCUT2D eigenvalue weighted by Gasteiger charge is 2.35. The lowest BCUT2D eigenvalue weighted by atomic mass is 10.1. The first-order chi connectivity index (χ1) is 11.1. The number of carbonyl (C=O) groups is 1. The van der Waals surface area contributed by atoms with E-state index < -0.39 is 5.97 Å². The molecule has 0 aromatic rings. The molecule has 3 heteroatoms. The smallest absolute Gasteiger partial charge is 0.303 e. The zero-order valence-electron chi connectivity index (χ0n) is 14.5. The molecular formula is C20H32O3. The van der Waals surface area contributed by atoms with E-state index in [1.54, 1.807) is 12.2 Å². The van der Waals surface area contributed by atoms with Crippen molar-refractivity contribution in [3.8, 4) is 11.8 Å². The van der Waals surface area contributed by atoms with Gasteiger partial charge in [0.05, 0.1) is 6.10 Å². The maximum atomic E-state index is 10.4. The molecule has 3 atom stereocenters. The number of allylic oxidation sites excluding steroid dienone is 1. The van der Waals surface area contributed by atoms with Crippen LogP contribution in [0.4, 0.5) is 0 Å². The van der Waals surface area contributed by atoms with Crippen LogP contribution in [0, 0.1) is 23.7 Å². The van der Waals surface area contributed by atoms with Crippen LogP contribution in [0.3, 0.4) is 0 Å². The molecule has 0 aliphatic heterocycles. The third-order valence-electron chi connectivity index (χ3n) is 4.53. The van der Waals surface area contributed by atoms with Crippen molar-refractivity contribution >= 4 is 5.97 Å². The lowest BCUT2D eigenvalue weighted by Crippen LogP contribution is -2.00. The summed E-state index contributed by atoms with van der Waals surface area (Å²) in [5, 5.41) is 18.3. The molecule has 0 saturated heterocycles. The second-order valence-electron chi connectivity index (χ2n) is 6.68. The monoisotopic (exact) mass is 320 g/mol. The fourth-order valence-electron chi connectivity index (χ4n) is 2.95. The molecule has 0 unspecified atom stereocenters. The molecule has 0 amide bonds. The Morgan fingerprint density at radius 3 is 2.74 bits per heavy atom. The van der Waals surface area contributed by atoms with Crippen molar-refractivity contribution in [3.05, 3.63) is 12.2 Å². The van der Waals surface area contributed by atoms with Gasteiger partial charge in [0.2, 0.25) is 0 Å². The molecular weight excluding hydrogens is 288 g/mol. The van der Waals surface area contributed by atoms with E-state index in [0.29, 0.717) is 6.42 Å². The van der Waals surface area contributed by atoms with Gasteiger partial charge in [0.25, 0.3) is 0 Å². The number of carboxylic acids is 1. The number of aliphatic hydroxyl groups is 1. The van der Waals surface area contributed by atoms with Gasteiger partial charge in [-0.3, -0.25) is 4.79 Å². The van der Waals surface area contributed by atoms with Gasteiger partial charge < -0.3 is 10.2 Å². The number of hydrogen-bond donors (Lipinski definition) is 2. The molecule has 1 aliphatic rings. The molecule has 1 aliphatic carbocycles. The van der Waals surface area contributed by atoms with Crippen molar-refractivity contribution in [1.29, 1.82) is 0 Å². The molecule has 0 spiro atoms. The second-order valence-corrected chi connectivity index (χ2v) is 6.68. The van der Waals surface area contributed by atoms with Crippen LogP contribution >= 0.6 is 0 Å². The van der Waals surface area contributed by atoms with E-state index >= 15 is 0 Å². The van der Waals surface area contributed by atoms with Crippen molar-refractivity contribution in [2.24, 2.45) is 11.8 Å². The molecule has 130 valence electrons. The minimum atomic E-state index is -0.684. The summed E-state index contributed by atoms with van der Waals surface area (Å²) < 4.78 is 0. The van der Waals surface area contributed by atoms with E-state index in [-0.39, 0.29) is 6.10 Å². The van der Waals surface area contributed by atoms with Gasteiger partial charge in [-0.2, -0.15) is 0 Å². The summed E-state index contributed by atoms with van der Waals surface area (Å²) in [7, 11) is 0. The Morgan fingerprint density at radius 1 is 1.22 bits per heavy atom. The maximum absolute atomic E-state index is 10.4. The van der Waals surface area contributed by atoms with Crippen LogP contribution in [0.2, 0.25) is 0 Å². The third kappa shape index (κ3) is 11.0. The fraction of sp³-hybridized carbons (Fsp3) is 0.750. The molecule has 0 aromatic carbocycles. The van der Waals surface area contributed by atoms with Crippen molar-refractivity contribution in [1.82, 2.24) is 0 Å². The first-order valence-electron chi connectivity index (χ1n) is 9.18. The number of rotatable bonds is 12. The minimum Gasteiger partial charge on any atom is -0.481 e. The van der Waals surface area contributed by atoms with Gasteiger partial charge in [0.1, 0.15) is 0 Å². The molecule has 2 N–H and O–H groups in total. The highest BCUT2D eigenvalue weighted by atomic mass is 16.4. The topological polar surface area (TPSA) is 57.5 Å². The van der Waals surface area contributed by atoms with Crippen molar-refractivity contribution < 1.29 is 15.0 Å². The van der Waals surface area contributed by atoms with E-state index in [0.717, 1.165) is 50.4 Å². The van der Waals surface area contributed by atoms with Gasteiger partial charge in [-0.25, -0.2) is 0 Å². The molecule has 0 radical (unpaired) electrons. The van der Waals surface area contributed by atoms with E-state index in [4.69, 9.17) is 5.11 Å². The lowest BCUT2D eigenvalue weighted by Gasteiger charge is -2.02. The van der Waals surface area contributed by atoms with Gasteiger partial charge in [0, 0.05) is 12.8 Å². The Morgan fingerprint density at radius 2 is 2.00 bits per heavy atom. The highest BCUT2D eigenvalue weighted by molar-refractivity contribution is 5.66. The number of aliphatic hydroxyl groups excluding tert-OH is 1. The van der Waals surface area contributed by atoms with Crippen molar-refractivity contribution in [2.45, 2.75) is 83.7 Å². The Balaban J connectivity index is 1.98. The molecule has 0 aromatic heterocycles. The lowest BCUT2D eigenvalue weighted by molar-refractivity contribution is -0.137. The van der Waals surface area contributed by atoms with Crippen LogP contribution in [0.1, 0.15) is 77.6 Å². The van der Waals surface area contributed by atoms with Crippen LogP contribution in [0.25, 0.3) is 0 Å². The first-order valence-corrected chi connectivity index (χ1v) is 9.18. The SMILES string of the molecule is CCCCC[C@H](O)/C=C/C#CCC[C@@H]1C[C@H]1CCCCC(=O)O. The van der Waals surface area contributed by atoms with Crippen LogP contribution in [0.5, 0.6) is 0 Å². The van der Waals surface area contributed by atoms with E-state index in [2.05, 4.69) is 18.8 Å². The summed E-state index contributed by atoms with van der Waals surface area (Å²) in [5.74, 6) is 7.10. The quantitative estimate of drug-likeness (QED) is 0.410. The zero-order chi connectivity index (χ0) is 16.9. The summed E-state index contributed by atoms with van der Waals surface area (Å²) in [6.07, 6.45) is 14.2. The first kappa shape index (κ1) is 19.8. The summed E-state index contributed by atoms with van der Waals surface area (Å²) in [5.41, 5.74) is 0. The molecule has 0 bridgehead atoms. The van der Waals surface area contributed by atoms with Gasteiger partial charge in [-0.15, -0.1) is 0 Å². The van der Waals surface area contributed by atoms with Gasteiger partial charge in [0.15, 0.2) is 0 Å². The number of unbranched alkanes of at least 4 members (excludes halogenated alkanes) is 3. The Bertz CT molecular complexity index is 416. The Kier molecular flexibility index (Phi) is 10.5. The molecule has 0 heterocycles. The summed E-state index contributed by atoms with van der Waals surface area (Å²) in [4.78, 5) is 10.4. The maximum Gasteiger partial charge on any atom is 0.303 e. The number of aliphatic carboxylic acids is 1. The van der Waals surface area contributed by atoms with E-state index in [1.165, 1.54) is 25.7 Å². The van der Waals surface area contributed by atoms with Crippen LogP contribution in [-0.4, -0.2) is 22.3 Å². The average molecular weight is 320 g/mol. The Hall–Kier alpha value is -1.27. The molecule has 1 rings (SSSR count). The van der Waals surface area contributed by atoms with Crippen molar-refractivity contribution in [2.75, 3.05) is 0 Å². The van der Waals surface area contributed by atoms with Gasteiger partial charge in [-0.05, 0) is 49.7 Å². The normalized spacial score (nSPS) is 21.0. The van der Waals surface area contributed by atoms with E-state index in [1.807, 2.05) is 0 Å². The van der Waals surface area contributed by atoms with Crippen LogP contribution < -0.4 is 0 Å². The molecule has 1 fully saturated rings. The predicted molar refractivity (Wildman–Crippen MR) is 94.0 cm³/mol. The summed E-state index contributed by atoms with van der Waals surface area (Å²) in [6.45, 7) is 2.16. The van der Waals surface area contributed by atoms with Crippen LogP contribution in [0.15, 0.2) is 12.2 Å². The van der Waals surface area contributed by atoms with Crippen LogP contribution in [-0.2, 0) is 4.79 Å². The Labute approximate surface area is 141 Å². The van der Waals surface area contributed by atoms with Crippen molar-refractivity contribution in [3.63, 3.8) is 0 Å². The third-order valence-corrected chi connectivity index (χ3v) is 4.53. The standard InChI is InChI=1S/C20H32O3/c1-2-3-6-13-19(21)14-8-5-4-7-11-17-16-18(17)12-9-10-15-20(22)23/h8,14,17-19,21H,2-3,6-7,9-13,15-16H2,1H3,(H,22,23)/b14-8+/t17-,18-,19+/m1/s1.